The van der Waals surface area contributed by atoms with Gasteiger partial charge in [0.15, 0.2) is 5.43 Å². The fourth-order valence-corrected chi connectivity index (χ4v) is 3.69. The van der Waals surface area contributed by atoms with Gasteiger partial charge in [0.2, 0.25) is 0 Å². The number of halogens is 1. The first-order chi connectivity index (χ1) is 13.5. The second kappa shape index (κ2) is 7.30. The molecule has 1 heterocycles. The van der Waals surface area contributed by atoms with Crippen LogP contribution in [0.2, 0.25) is 5.02 Å². The van der Waals surface area contributed by atoms with E-state index in [1.807, 2.05) is 4.57 Å². The second-order valence-corrected chi connectivity index (χ2v) is 7.33. The summed E-state index contributed by atoms with van der Waals surface area (Å²) in [6.07, 6.45) is 3.80. The number of aromatic nitrogens is 1. The average molecular weight is 398 g/mol. The van der Waals surface area contributed by atoms with Crippen molar-refractivity contribution in [2.45, 2.75) is 18.9 Å². The SMILES string of the molecule is NCCNc1cc2c(=O)c(-c3ccccc3C(=O)O)cn(C3CC3)c2cc1Cl. The maximum atomic E-state index is 13.3. The monoisotopic (exact) mass is 397 g/mol. The summed E-state index contributed by atoms with van der Waals surface area (Å²) < 4.78 is 2.04. The zero-order valence-corrected chi connectivity index (χ0v) is 15.9. The number of nitrogens with two attached hydrogens (primary N) is 1. The van der Waals surface area contributed by atoms with Crippen LogP contribution in [0, 0.1) is 0 Å². The van der Waals surface area contributed by atoms with E-state index in [1.165, 1.54) is 6.07 Å². The number of anilines is 1. The molecule has 1 aliphatic carbocycles. The van der Waals surface area contributed by atoms with Gasteiger partial charge in [-0.25, -0.2) is 4.79 Å². The summed E-state index contributed by atoms with van der Waals surface area (Å²) in [5, 5.41) is 13.7. The third kappa shape index (κ3) is 3.25. The van der Waals surface area contributed by atoms with Crippen molar-refractivity contribution in [2.75, 3.05) is 18.4 Å². The Balaban J connectivity index is 2.01. The number of carboxylic acids is 1. The predicted molar refractivity (Wildman–Crippen MR) is 111 cm³/mol. The minimum atomic E-state index is -1.06. The lowest BCUT2D eigenvalue weighted by Gasteiger charge is -2.16. The van der Waals surface area contributed by atoms with Crippen molar-refractivity contribution in [3.63, 3.8) is 0 Å². The molecule has 2 aromatic carbocycles. The normalized spacial score (nSPS) is 13.6. The van der Waals surface area contributed by atoms with Gasteiger partial charge in [0, 0.05) is 41.8 Å². The van der Waals surface area contributed by atoms with Crippen molar-refractivity contribution < 1.29 is 9.90 Å². The molecule has 1 aliphatic rings. The summed E-state index contributed by atoms with van der Waals surface area (Å²) in [7, 11) is 0. The Bertz CT molecular complexity index is 1140. The maximum Gasteiger partial charge on any atom is 0.336 e. The quantitative estimate of drug-likeness (QED) is 0.588. The number of hydrogen-bond donors (Lipinski definition) is 3. The van der Waals surface area contributed by atoms with E-state index in [-0.39, 0.29) is 17.0 Å². The van der Waals surface area contributed by atoms with Gasteiger partial charge in [-0.2, -0.15) is 0 Å². The summed E-state index contributed by atoms with van der Waals surface area (Å²) in [5.74, 6) is -1.06. The van der Waals surface area contributed by atoms with Crippen LogP contribution in [-0.4, -0.2) is 28.7 Å². The number of pyridine rings is 1. The largest absolute Gasteiger partial charge is 0.478 e. The van der Waals surface area contributed by atoms with Gasteiger partial charge in [-0.1, -0.05) is 29.8 Å². The predicted octanol–water partition coefficient (Wildman–Crippen LogP) is 3.73. The van der Waals surface area contributed by atoms with E-state index >= 15 is 0 Å². The topological polar surface area (TPSA) is 97.3 Å². The van der Waals surface area contributed by atoms with Gasteiger partial charge in [-0.05, 0) is 31.0 Å². The van der Waals surface area contributed by atoms with Crippen LogP contribution in [0.5, 0.6) is 0 Å². The minimum absolute atomic E-state index is 0.108. The molecular formula is C21H20ClN3O3. The Morgan fingerprint density at radius 3 is 2.68 bits per heavy atom. The van der Waals surface area contributed by atoms with E-state index in [1.54, 1.807) is 36.5 Å². The third-order valence-electron chi connectivity index (χ3n) is 4.97. The highest BCUT2D eigenvalue weighted by Gasteiger charge is 2.27. The lowest BCUT2D eigenvalue weighted by Crippen LogP contribution is -2.16. The molecule has 1 saturated carbocycles. The Hall–Kier alpha value is -2.83. The molecule has 0 amide bonds. The highest BCUT2D eigenvalue weighted by Crippen LogP contribution is 2.39. The molecule has 4 rings (SSSR count). The molecule has 144 valence electrons. The number of benzene rings is 2. The molecule has 0 aliphatic heterocycles. The Morgan fingerprint density at radius 2 is 2.00 bits per heavy atom. The number of hydrogen-bond acceptors (Lipinski definition) is 4. The molecule has 3 aromatic rings. The molecule has 0 atom stereocenters. The molecule has 0 spiro atoms. The molecule has 0 bridgehead atoms. The van der Waals surface area contributed by atoms with Crippen LogP contribution in [0.15, 0.2) is 47.4 Å². The van der Waals surface area contributed by atoms with Crippen LogP contribution in [0.1, 0.15) is 29.2 Å². The van der Waals surface area contributed by atoms with Crippen molar-refractivity contribution in [1.82, 2.24) is 4.57 Å². The zero-order valence-electron chi connectivity index (χ0n) is 15.1. The van der Waals surface area contributed by atoms with Gasteiger partial charge in [-0.3, -0.25) is 4.79 Å². The molecule has 28 heavy (non-hydrogen) atoms. The average Bonchev–Trinajstić information content (AvgIpc) is 3.52. The number of nitrogens with one attached hydrogen (secondary N) is 1. The first-order valence-electron chi connectivity index (χ1n) is 9.16. The minimum Gasteiger partial charge on any atom is -0.478 e. The lowest BCUT2D eigenvalue weighted by molar-refractivity contribution is 0.0697. The van der Waals surface area contributed by atoms with Gasteiger partial charge in [0.25, 0.3) is 0 Å². The first-order valence-corrected chi connectivity index (χ1v) is 9.54. The zero-order chi connectivity index (χ0) is 19.8. The van der Waals surface area contributed by atoms with E-state index in [9.17, 15) is 14.7 Å². The Kier molecular flexibility index (Phi) is 4.83. The van der Waals surface area contributed by atoms with E-state index in [4.69, 9.17) is 17.3 Å². The molecule has 0 unspecified atom stereocenters. The number of carbonyl (C=O) groups is 1. The molecule has 7 heteroatoms. The fourth-order valence-electron chi connectivity index (χ4n) is 3.46. The highest BCUT2D eigenvalue weighted by atomic mass is 35.5. The number of carboxylic acid groups (broad SMARTS) is 1. The van der Waals surface area contributed by atoms with E-state index in [0.29, 0.717) is 40.3 Å². The molecular weight excluding hydrogens is 378 g/mol. The molecule has 1 aromatic heterocycles. The lowest BCUT2D eigenvalue weighted by atomic mass is 9.98. The van der Waals surface area contributed by atoms with Crippen LogP contribution in [-0.2, 0) is 0 Å². The summed E-state index contributed by atoms with van der Waals surface area (Å²) in [6.45, 7) is 0.969. The number of rotatable bonds is 6. The molecule has 6 nitrogen and oxygen atoms in total. The van der Waals surface area contributed by atoms with Crippen molar-refractivity contribution in [3.8, 4) is 11.1 Å². The van der Waals surface area contributed by atoms with E-state index < -0.39 is 5.97 Å². The summed E-state index contributed by atoms with van der Waals surface area (Å²) in [6, 6.07) is 10.4. The Morgan fingerprint density at radius 1 is 1.25 bits per heavy atom. The van der Waals surface area contributed by atoms with Crippen LogP contribution < -0.4 is 16.5 Å². The van der Waals surface area contributed by atoms with Gasteiger partial charge < -0.3 is 20.7 Å². The van der Waals surface area contributed by atoms with Crippen LogP contribution in [0.4, 0.5) is 5.69 Å². The Labute approximate surface area is 166 Å². The molecule has 0 radical (unpaired) electrons. The van der Waals surface area contributed by atoms with Crippen molar-refractivity contribution in [1.29, 1.82) is 0 Å². The molecule has 0 saturated heterocycles. The van der Waals surface area contributed by atoms with Crippen molar-refractivity contribution >= 4 is 34.2 Å². The van der Waals surface area contributed by atoms with Crippen molar-refractivity contribution in [2.24, 2.45) is 5.73 Å². The number of fused-ring (bicyclic) bond motifs is 1. The van der Waals surface area contributed by atoms with Gasteiger partial charge in [0.05, 0.1) is 21.8 Å². The van der Waals surface area contributed by atoms with E-state index in [2.05, 4.69) is 5.32 Å². The third-order valence-corrected chi connectivity index (χ3v) is 5.28. The van der Waals surface area contributed by atoms with Gasteiger partial charge in [-0.15, -0.1) is 0 Å². The van der Waals surface area contributed by atoms with Crippen molar-refractivity contribution in [3.05, 3.63) is 63.4 Å². The standard InChI is InChI=1S/C21H20ClN3O3/c22-17-10-19-15(9-18(17)24-8-7-23)20(26)16(11-25(19)12-5-6-12)13-3-1-2-4-14(13)21(27)28/h1-4,9-12,24H,5-8,23H2,(H,27,28). The van der Waals surface area contributed by atoms with Crippen LogP contribution >= 0.6 is 11.6 Å². The fraction of sp³-hybridized carbons (Fsp3) is 0.238. The smallest absolute Gasteiger partial charge is 0.336 e. The second-order valence-electron chi connectivity index (χ2n) is 6.93. The highest BCUT2D eigenvalue weighted by molar-refractivity contribution is 6.34. The maximum absolute atomic E-state index is 13.3. The van der Waals surface area contributed by atoms with Crippen LogP contribution in [0.3, 0.4) is 0 Å². The first kappa shape index (κ1) is 18.5. The number of aromatic carboxylic acids is 1. The van der Waals surface area contributed by atoms with Crippen LogP contribution in [0.25, 0.3) is 22.0 Å². The summed E-state index contributed by atoms with van der Waals surface area (Å²) in [4.78, 5) is 25.0. The summed E-state index contributed by atoms with van der Waals surface area (Å²) >= 11 is 6.42. The summed E-state index contributed by atoms with van der Waals surface area (Å²) in [5.41, 5.74) is 7.65. The number of nitrogens with zero attached hydrogens (tertiary/aromatic N) is 1. The molecule has 1 fully saturated rings. The van der Waals surface area contributed by atoms with E-state index in [0.717, 1.165) is 18.4 Å². The molecule has 4 N–H and O–H groups in total. The van der Waals surface area contributed by atoms with Gasteiger partial charge >= 0.3 is 5.97 Å². The van der Waals surface area contributed by atoms with Gasteiger partial charge in [0.1, 0.15) is 0 Å².